The zero-order valence-corrected chi connectivity index (χ0v) is 32.8. The monoisotopic (exact) mass is 692 g/mol. The second-order valence-corrected chi connectivity index (χ2v) is 17.6. The van der Waals surface area contributed by atoms with Crippen LogP contribution in [-0.2, 0) is 16.2 Å². The molecule has 0 heterocycles. The molecule has 0 spiro atoms. The number of benzene rings is 7. The van der Waals surface area contributed by atoms with Crippen molar-refractivity contribution in [1.82, 2.24) is 0 Å². The van der Waals surface area contributed by atoms with E-state index in [1.807, 2.05) is 0 Å². The standard InChI is InChI=1S/C52H52O/c1-9-25-52(26-10-2)47-23-20-34(33-19-22-43-41-17-12-11-15-39(41)40-16-13-14-18-42(40)44(43)29-33)30-45(47)49(53)46-31-35(21-24-48(46)52)36-27-37(50(3,4)5)32-38(28-36)51(6,7)8/h11-24,27-32H,9-10,25-26H2,1-8H3. The Balaban J connectivity index is 1.31. The molecule has 1 aliphatic rings. The molecule has 53 heavy (non-hydrogen) atoms. The van der Waals surface area contributed by atoms with Gasteiger partial charge in [0, 0.05) is 16.5 Å². The van der Waals surface area contributed by atoms with Gasteiger partial charge in [0.15, 0.2) is 5.78 Å². The summed E-state index contributed by atoms with van der Waals surface area (Å²) in [5.74, 6) is 0.141. The molecule has 0 saturated carbocycles. The molecule has 1 heteroatoms. The molecular weight excluding hydrogens is 641 g/mol. The summed E-state index contributed by atoms with van der Waals surface area (Å²) >= 11 is 0. The lowest BCUT2D eigenvalue weighted by Crippen LogP contribution is -2.36. The molecule has 0 amide bonds. The lowest BCUT2D eigenvalue weighted by molar-refractivity contribution is 0.102. The van der Waals surface area contributed by atoms with Gasteiger partial charge in [-0.1, -0.05) is 171 Å². The van der Waals surface area contributed by atoms with Gasteiger partial charge in [0.05, 0.1) is 0 Å². The second-order valence-electron chi connectivity index (χ2n) is 17.6. The van der Waals surface area contributed by atoms with Gasteiger partial charge in [0.2, 0.25) is 0 Å². The van der Waals surface area contributed by atoms with Gasteiger partial charge < -0.3 is 0 Å². The summed E-state index contributed by atoms with van der Waals surface area (Å²) < 4.78 is 0. The molecule has 0 aliphatic heterocycles. The number of ketones is 1. The summed E-state index contributed by atoms with van der Waals surface area (Å²) in [7, 11) is 0. The van der Waals surface area contributed by atoms with Crippen LogP contribution in [0.1, 0.15) is 119 Å². The molecule has 0 aromatic heterocycles. The van der Waals surface area contributed by atoms with Gasteiger partial charge in [0.25, 0.3) is 0 Å². The lowest BCUT2D eigenvalue weighted by atomic mass is 9.61. The van der Waals surface area contributed by atoms with Crippen LogP contribution in [0.3, 0.4) is 0 Å². The molecule has 0 N–H and O–H groups in total. The molecular formula is C52H52O. The fourth-order valence-electron chi connectivity index (χ4n) is 9.21. The van der Waals surface area contributed by atoms with E-state index in [1.54, 1.807) is 0 Å². The van der Waals surface area contributed by atoms with Crippen molar-refractivity contribution >= 4 is 38.1 Å². The average molecular weight is 693 g/mol. The molecule has 8 rings (SSSR count). The first-order valence-corrected chi connectivity index (χ1v) is 19.7. The maximum absolute atomic E-state index is 15.0. The van der Waals surface area contributed by atoms with Crippen LogP contribution in [0.15, 0.2) is 121 Å². The van der Waals surface area contributed by atoms with Crippen LogP contribution in [-0.4, -0.2) is 5.78 Å². The maximum Gasteiger partial charge on any atom is 0.193 e. The first kappa shape index (κ1) is 35.0. The highest BCUT2D eigenvalue weighted by atomic mass is 16.1. The van der Waals surface area contributed by atoms with Crippen LogP contribution in [0.4, 0.5) is 0 Å². The van der Waals surface area contributed by atoms with E-state index in [2.05, 4.69) is 177 Å². The van der Waals surface area contributed by atoms with Gasteiger partial charge >= 0.3 is 0 Å². The minimum absolute atomic E-state index is 0.00886. The number of hydrogen-bond acceptors (Lipinski definition) is 1. The zero-order chi connectivity index (χ0) is 37.3. The number of rotatable bonds is 6. The van der Waals surface area contributed by atoms with Crippen molar-refractivity contribution in [3.63, 3.8) is 0 Å². The van der Waals surface area contributed by atoms with Crippen LogP contribution in [0.25, 0.3) is 54.6 Å². The Labute approximate surface area is 316 Å². The van der Waals surface area contributed by atoms with Gasteiger partial charge in [0.1, 0.15) is 0 Å². The van der Waals surface area contributed by atoms with Gasteiger partial charge in [-0.05, 0) is 119 Å². The summed E-state index contributed by atoms with van der Waals surface area (Å²) in [6, 6.07) is 44.9. The lowest BCUT2D eigenvalue weighted by Gasteiger charge is -2.41. The molecule has 266 valence electrons. The molecule has 0 atom stereocenters. The van der Waals surface area contributed by atoms with Crippen LogP contribution in [0.2, 0.25) is 0 Å². The second kappa shape index (κ2) is 12.8. The van der Waals surface area contributed by atoms with E-state index >= 15 is 0 Å². The third kappa shape index (κ3) is 5.81. The summed E-state index contributed by atoms with van der Waals surface area (Å²) in [4.78, 5) is 15.0. The van der Waals surface area contributed by atoms with Crippen LogP contribution >= 0.6 is 0 Å². The van der Waals surface area contributed by atoms with E-state index < -0.39 is 0 Å². The molecule has 7 aromatic rings. The van der Waals surface area contributed by atoms with E-state index in [0.717, 1.165) is 53.5 Å². The van der Waals surface area contributed by atoms with Crippen molar-refractivity contribution in [3.05, 3.63) is 155 Å². The number of carbonyl (C=O) groups is 1. The predicted molar refractivity (Wildman–Crippen MR) is 228 cm³/mol. The highest BCUT2D eigenvalue weighted by Gasteiger charge is 2.42. The molecule has 1 nitrogen and oxygen atoms in total. The third-order valence-corrected chi connectivity index (χ3v) is 12.0. The SMILES string of the molecule is CCCC1(CCC)c2ccc(-c3cc(C(C)(C)C)cc(C(C)(C)C)c3)cc2C(=O)c2cc(-c3ccc4c5ccccc5c5ccccc5c4c3)ccc21. The Morgan fingerprint density at radius 2 is 0.830 bits per heavy atom. The first-order valence-electron chi connectivity index (χ1n) is 19.7. The minimum Gasteiger partial charge on any atom is -0.289 e. The number of hydrogen-bond donors (Lipinski definition) is 0. The van der Waals surface area contributed by atoms with E-state index in [9.17, 15) is 4.79 Å². The number of fused-ring (bicyclic) bond motifs is 8. The number of carbonyl (C=O) groups excluding carboxylic acids is 1. The molecule has 0 bridgehead atoms. The molecule has 1 aliphatic carbocycles. The highest BCUT2D eigenvalue weighted by Crippen LogP contribution is 2.50. The molecule has 7 aromatic carbocycles. The van der Waals surface area contributed by atoms with Crippen molar-refractivity contribution in [2.75, 3.05) is 0 Å². The summed E-state index contributed by atoms with van der Waals surface area (Å²) in [5.41, 5.74) is 11.1. The van der Waals surface area contributed by atoms with Crippen molar-refractivity contribution in [2.24, 2.45) is 0 Å². The largest absolute Gasteiger partial charge is 0.289 e. The van der Waals surface area contributed by atoms with Gasteiger partial charge in [-0.15, -0.1) is 0 Å². The molecule has 0 fully saturated rings. The van der Waals surface area contributed by atoms with E-state index in [4.69, 9.17) is 0 Å². The quantitative estimate of drug-likeness (QED) is 0.159. The highest BCUT2D eigenvalue weighted by molar-refractivity contribution is 6.25. The Bertz CT molecular complexity index is 2490. The van der Waals surface area contributed by atoms with E-state index in [0.29, 0.717) is 0 Å². The summed E-state index contributed by atoms with van der Waals surface area (Å²) in [5, 5.41) is 7.58. The van der Waals surface area contributed by atoms with Gasteiger partial charge in [-0.3, -0.25) is 4.79 Å². The fraction of sp³-hybridized carbons (Fsp3) is 0.288. The summed E-state index contributed by atoms with van der Waals surface area (Å²) in [6.07, 6.45) is 4.11. The topological polar surface area (TPSA) is 17.1 Å². The predicted octanol–water partition coefficient (Wildman–Crippen LogP) is 14.5. The smallest absolute Gasteiger partial charge is 0.193 e. The Morgan fingerprint density at radius 3 is 1.28 bits per heavy atom. The van der Waals surface area contributed by atoms with Crippen LogP contribution in [0, 0.1) is 0 Å². The van der Waals surface area contributed by atoms with Gasteiger partial charge in [-0.25, -0.2) is 0 Å². The molecule has 0 radical (unpaired) electrons. The van der Waals surface area contributed by atoms with Crippen molar-refractivity contribution < 1.29 is 4.79 Å². The van der Waals surface area contributed by atoms with Gasteiger partial charge in [-0.2, -0.15) is 0 Å². The molecule has 0 saturated heterocycles. The Kier molecular flexibility index (Phi) is 8.49. The normalized spacial score (nSPS) is 14.2. The fourth-order valence-corrected chi connectivity index (χ4v) is 9.21. The minimum atomic E-state index is -0.207. The Morgan fingerprint density at radius 1 is 0.434 bits per heavy atom. The molecule has 0 unspecified atom stereocenters. The van der Waals surface area contributed by atoms with E-state index in [1.165, 1.54) is 60.1 Å². The third-order valence-electron chi connectivity index (χ3n) is 12.0. The van der Waals surface area contributed by atoms with Crippen molar-refractivity contribution in [1.29, 1.82) is 0 Å². The zero-order valence-electron chi connectivity index (χ0n) is 32.8. The summed E-state index contributed by atoms with van der Waals surface area (Å²) in [6.45, 7) is 18.3. The van der Waals surface area contributed by atoms with E-state index in [-0.39, 0.29) is 22.0 Å². The average Bonchev–Trinajstić information content (AvgIpc) is 3.16. The van der Waals surface area contributed by atoms with Crippen molar-refractivity contribution in [3.8, 4) is 22.3 Å². The van der Waals surface area contributed by atoms with Crippen LogP contribution < -0.4 is 0 Å². The maximum atomic E-state index is 15.0. The first-order chi connectivity index (χ1) is 25.3. The van der Waals surface area contributed by atoms with Crippen molar-refractivity contribution in [2.45, 2.75) is 97.3 Å². The van der Waals surface area contributed by atoms with Crippen LogP contribution in [0.5, 0.6) is 0 Å². The Hall–Kier alpha value is -5.01.